The number of carbonyl (C=O) groups excluding carboxylic acids is 2. The second-order valence-corrected chi connectivity index (χ2v) is 7.13. The minimum atomic E-state index is -0.539. The maximum absolute atomic E-state index is 12.9. The molecule has 1 atom stereocenters. The van der Waals surface area contributed by atoms with E-state index >= 15 is 0 Å². The van der Waals surface area contributed by atoms with Crippen LogP contribution >= 0.6 is 0 Å². The summed E-state index contributed by atoms with van der Waals surface area (Å²) in [7, 11) is 2.87. The van der Waals surface area contributed by atoms with Crippen molar-refractivity contribution in [2.24, 2.45) is 5.92 Å². The molecule has 146 valence electrons. The molecule has 7 nitrogen and oxygen atoms in total. The Labute approximate surface area is 159 Å². The maximum atomic E-state index is 12.9. The van der Waals surface area contributed by atoms with E-state index in [0.717, 1.165) is 25.9 Å². The predicted molar refractivity (Wildman–Crippen MR) is 104 cm³/mol. The molecule has 1 fully saturated rings. The van der Waals surface area contributed by atoms with Gasteiger partial charge in [-0.15, -0.1) is 0 Å². The summed E-state index contributed by atoms with van der Waals surface area (Å²) >= 11 is 0. The van der Waals surface area contributed by atoms with E-state index < -0.39 is 5.97 Å². The van der Waals surface area contributed by atoms with Crippen LogP contribution in [0.25, 0.3) is 10.9 Å². The average molecular weight is 373 g/mol. The van der Waals surface area contributed by atoms with E-state index in [2.05, 4.69) is 22.1 Å². The first-order valence-corrected chi connectivity index (χ1v) is 9.28. The number of aromatic amines is 1. The zero-order chi connectivity index (χ0) is 19.6. The second kappa shape index (κ2) is 8.00. The first-order chi connectivity index (χ1) is 13.0. The van der Waals surface area contributed by atoms with Crippen LogP contribution in [0.2, 0.25) is 0 Å². The van der Waals surface area contributed by atoms with E-state index in [0.29, 0.717) is 28.3 Å². The van der Waals surface area contributed by atoms with Crippen molar-refractivity contribution in [3.63, 3.8) is 0 Å². The van der Waals surface area contributed by atoms with Gasteiger partial charge in [0, 0.05) is 0 Å². The third-order valence-electron chi connectivity index (χ3n) is 5.39. The molecule has 1 amide bonds. The number of amides is 1. The summed E-state index contributed by atoms with van der Waals surface area (Å²) in [4.78, 5) is 30.4. The van der Waals surface area contributed by atoms with Crippen molar-refractivity contribution in [2.45, 2.75) is 32.7 Å². The van der Waals surface area contributed by atoms with Gasteiger partial charge in [0.05, 0.1) is 36.9 Å². The fraction of sp³-hybridized carbons (Fsp3) is 0.500. The number of carbonyl (C=O) groups is 2. The van der Waals surface area contributed by atoms with Crippen molar-refractivity contribution < 1.29 is 19.1 Å². The topological polar surface area (TPSA) is 83.7 Å². The number of piperidine rings is 1. The average Bonchev–Trinajstić information content (AvgIpc) is 3.05. The van der Waals surface area contributed by atoms with Crippen molar-refractivity contribution in [2.75, 3.05) is 32.6 Å². The number of hydrogen-bond acceptors (Lipinski definition) is 5. The Hall–Kier alpha value is -2.54. The molecular formula is C20H27N3O4. The number of nitrogens with one attached hydrogen (secondary N) is 2. The molecule has 0 radical (unpaired) electrons. The van der Waals surface area contributed by atoms with Gasteiger partial charge in [0.15, 0.2) is 0 Å². The van der Waals surface area contributed by atoms with Gasteiger partial charge in [-0.05, 0) is 50.9 Å². The number of rotatable bonds is 5. The SMILES string of the molecule is COC(=O)c1[nH]c2cccc(OC)c2c1NC(=O)[C@H](C)N1CCC(C)CC1. The minimum absolute atomic E-state index is 0.151. The van der Waals surface area contributed by atoms with Crippen molar-refractivity contribution in [3.8, 4) is 5.75 Å². The van der Waals surface area contributed by atoms with Crippen LogP contribution in [0.3, 0.4) is 0 Å². The van der Waals surface area contributed by atoms with Crippen LogP contribution in [-0.4, -0.2) is 55.1 Å². The van der Waals surface area contributed by atoms with Crippen LogP contribution in [0.1, 0.15) is 37.2 Å². The number of esters is 1. The molecule has 7 heteroatoms. The Morgan fingerprint density at radius 2 is 1.96 bits per heavy atom. The highest BCUT2D eigenvalue weighted by molar-refractivity contribution is 6.13. The van der Waals surface area contributed by atoms with Crippen LogP contribution in [0.5, 0.6) is 5.75 Å². The Morgan fingerprint density at radius 3 is 2.59 bits per heavy atom. The third-order valence-corrected chi connectivity index (χ3v) is 5.39. The van der Waals surface area contributed by atoms with Gasteiger partial charge < -0.3 is 19.8 Å². The quantitative estimate of drug-likeness (QED) is 0.787. The predicted octanol–water partition coefficient (Wildman–Crippen LogP) is 3.02. The number of methoxy groups -OCH3 is 2. The zero-order valence-electron chi connectivity index (χ0n) is 16.3. The summed E-state index contributed by atoms with van der Waals surface area (Å²) in [5.74, 6) is 0.582. The number of fused-ring (bicyclic) bond motifs is 1. The first kappa shape index (κ1) is 19.2. The van der Waals surface area contributed by atoms with E-state index in [9.17, 15) is 9.59 Å². The summed E-state index contributed by atoms with van der Waals surface area (Å²) < 4.78 is 10.3. The van der Waals surface area contributed by atoms with E-state index in [4.69, 9.17) is 9.47 Å². The molecular weight excluding hydrogens is 346 g/mol. The van der Waals surface area contributed by atoms with Crippen LogP contribution in [-0.2, 0) is 9.53 Å². The van der Waals surface area contributed by atoms with Crippen LogP contribution in [0.15, 0.2) is 18.2 Å². The van der Waals surface area contributed by atoms with Crippen LogP contribution in [0.4, 0.5) is 5.69 Å². The zero-order valence-corrected chi connectivity index (χ0v) is 16.3. The minimum Gasteiger partial charge on any atom is -0.496 e. The Balaban J connectivity index is 1.92. The van der Waals surface area contributed by atoms with Gasteiger partial charge >= 0.3 is 5.97 Å². The summed E-state index contributed by atoms with van der Waals surface area (Å²) in [6.07, 6.45) is 2.18. The molecule has 27 heavy (non-hydrogen) atoms. The molecule has 1 aromatic heterocycles. The highest BCUT2D eigenvalue weighted by atomic mass is 16.5. The summed E-state index contributed by atoms with van der Waals surface area (Å²) in [6, 6.07) is 5.15. The Morgan fingerprint density at radius 1 is 1.26 bits per heavy atom. The fourth-order valence-electron chi connectivity index (χ4n) is 3.57. The highest BCUT2D eigenvalue weighted by Gasteiger charge is 2.28. The molecule has 3 rings (SSSR count). The third kappa shape index (κ3) is 3.78. The molecule has 1 saturated heterocycles. The number of benzene rings is 1. The van der Waals surface area contributed by atoms with E-state index in [1.54, 1.807) is 13.2 Å². The van der Waals surface area contributed by atoms with Crippen molar-refractivity contribution in [3.05, 3.63) is 23.9 Å². The Bertz CT molecular complexity index is 837. The number of nitrogens with zero attached hydrogens (tertiary/aromatic N) is 1. The van der Waals surface area contributed by atoms with Gasteiger partial charge in [-0.25, -0.2) is 4.79 Å². The fourth-order valence-corrected chi connectivity index (χ4v) is 3.57. The van der Waals surface area contributed by atoms with Crippen molar-refractivity contribution in [1.82, 2.24) is 9.88 Å². The van der Waals surface area contributed by atoms with Gasteiger partial charge in [-0.1, -0.05) is 13.0 Å². The molecule has 1 aliphatic heterocycles. The lowest BCUT2D eigenvalue weighted by atomic mass is 9.98. The molecule has 1 aliphatic rings. The smallest absolute Gasteiger partial charge is 0.356 e. The maximum Gasteiger partial charge on any atom is 0.356 e. The summed E-state index contributed by atoms with van der Waals surface area (Å²) in [5.41, 5.74) is 1.31. The van der Waals surface area contributed by atoms with E-state index in [-0.39, 0.29) is 17.6 Å². The molecule has 0 aliphatic carbocycles. The summed E-state index contributed by atoms with van der Waals surface area (Å²) in [6.45, 7) is 5.94. The first-order valence-electron chi connectivity index (χ1n) is 9.28. The van der Waals surface area contributed by atoms with Gasteiger partial charge in [-0.2, -0.15) is 0 Å². The molecule has 2 heterocycles. The number of H-pyrrole nitrogens is 1. The number of anilines is 1. The number of hydrogen-bond donors (Lipinski definition) is 2. The molecule has 0 saturated carbocycles. The standard InChI is InChI=1S/C20H27N3O4/c1-12-8-10-23(11-9-12)13(2)19(24)22-17-16-14(6-5-7-15(16)26-3)21-18(17)20(25)27-4/h5-7,12-13,21H,8-11H2,1-4H3,(H,22,24)/t13-/m0/s1. The molecule has 1 aromatic carbocycles. The largest absolute Gasteiger partial charge is 0.496 e. The lowest BCUT2D eigenvalue weighted by molar-refractivity contribution is -0.121. The number of likely N-dealkylation sites (tertiary alicyclic amines) is 1. The van der Waals surface area contributed by atoms with Crippen LogP contribution < -0.4 is 10.1 Å². The van der Waals surface area contributed by atoms with E-state index in [1.807, 2.05) is 19.1 Å². The number of ether oxygens (including phenoxy) is 2. The molecule has 2 N–H and O–H groups in total. The second-order valence-electron chi connectivity index (χ2n) is 7.13. The lowest BCUT2D eigenvalue weighted by Crippen LogP contribution is -2.45. The van der Waals surface area contributed by atoms with E-state index in [1.165, 1.54) is 7.11 Å². The molecule has 0 unspecified atom stereocenters. The Kier molecular flexibility index (Phi) is 5.70. The van der Waals surface area contributed by atoms with Gasteiger partial charge in [0.25, 0.3) is 0 Å². The van der Waals surface area contributed by atoms with Crippen molar-refractivity contribution >= 4 is 28.5 Å². The lowest BCUT2D eigenvalue weighted by Gasteiger charge is -2.34. The summed E-state index contributed by atoms with van der Waals surface area (Å²) in [5, 5.41) is 3.60. The van der Waals surface area contributed by atoms with Crippen LogP contribution in [0, 0.1) is 5.92 Å². The monoisotopic (exact) mass is 373 g/mol. The number of aromatic nitrogens is 1. The van der Waals surface area contributed by atoms with Gasteiger partial charge in [0.2, 0.25) is 5.91 Å². The molecule has 0 bridgehead atoms. The highest BCUT2D eigenvalue weighted by Crippen LogP contribution is 2.36. The normalized spacial score (nSPS) is 16.9. The van der Waals surface area contributed by atoms with Gasteiger partial charge in [-0.3, -0.25) is 9.69 Å². The van der Waals surface area contributed by atoms with Gasteiger partial charge in [0.1, 0.15) is 11.4 Å². The molecule has 0 spiro atoms. The molecule has 2 aromatic rings. The van der Waals surface area contributed by atoms with Crippen molar-refractivity contribution in [1.29, 1.82) is 0 Å².